The van der Waals surface area contributed by atoms with E-state index in [1.807, 2.05) is 36.4 Å². The number of benzene rings is 2. The fraction of sp³-hybridized carbons (Fsp3) is 0.333. The van der Waals surface area contributed by atoms with Gasteiger partial charge in [-0.3, -0.25) is 4.90 Å². The molecule has 0 aliphatic heterocycles. The average Bonchev–Trinajstić information content (AvgIpc) is 3.20. The predicted molar refractivity (Wildman–Crippen MR) is 98.3 cm³/mol. The van der Waals surface area contributed by atoms with Gasteiger partial charge in [0.05, 0.1) is 6.54 Å². The summed E-state index contributed by atoms with van der Waals surface area (Å²) < 4.78 is 5.12. The molecule has 1 aliphatic carbocycles. The van der Waals surface area contributed by atoms with E-state index in [1.165, 1.54) is 11.1 Å². The summed E-state index contributed by atoms with van der Waals surface area (Å²) in [5.41, 5.74) is 2.64. The molecule has 1 heterocycles. The van der Waals surface area contributed by atoms with Crippen molar-refractivity contribution in [2.24, 2.45) is 0 Å². The molecule has 1 atom stereocenters. The highest BCUT2D eigenvalue weighted by Gasteiger charge is 2.38. The normalized spacial score (nSPS) is 19.0. The molecular weight excluding hydrogens is 326 g/mol. The Bertz CT molecular complexity index is 878. The third-order valence-electron chi connectivity index (χ3n) is 5.00. The SMILES string of the molecule is Cc1nc(CN(Cc2ccccc2)CC2(O)CCc3ccccc32)no1. The molecule has 5 nitrogen and oxygen atoms in total. The van der Waals surface area contributed by atoms with E-state index in [1.54, 1.807) is 6.92 Å². The number of aromatic nitrogens is 2. The van der Waals surface area contributed by atoms with Crippen molar-refractivity contribution in [3.8, 4) is 0 Å². The minimum Gasteiger partial charge on any atom is -0.384 e. The van der Waals surface area contributed by atoms with Crippen molar-refractivity contribution in [3.63, 3.8) is 0 Å². The molecule has 1 aromatic heterocycles. The molecule has 0 spiro atoms. The number of hydrogen-bond donors (Lipinski definition) is 1. The molecule has 0 bridgehead atoms. The first-order valence-electron chi connectivity index (χ1n) is 8.99. The largest absolute Gasteiger partial charge is 0.384 e. The summed E-state index contributed by atoms with van der Waals surface area (Å²) >= 11 is 0. The zero-order valence-corrected chi connectivity index (χ0v) is 14.9. The van der Waals surface area contributed by atoms with Crippen LogP contribution in [0.15, 0.2) is 59.1 Å². The highest BCUT2D eigenvalue weighted by atomic mass is 16.5. The van der Waals surface area contributed by atoms with Gasteiger partial charge in [-0.25, -0.2) is 0 Å². The zero-order valence-electron chi connectivity index (χ0n) is 14.9. The molecule has 1 aliphatic rings. The van der Waals surface area contributed by atoms with Crippen LogP contribution in [-0.2, 0) is 25.1 Å². The van der Waals surface area contributed by atoms with E-state index in [0.29, 0.717) is 24.8 Å². The van der Waals surface area contributed by atoms with E-state index in [0.717, 1.165) is 24.9 Å². The first-order chi connectivity index (χ1) is 12.6. The lowest BCUT2D eigenvalue weighted by Gasteiger charge is -2.31. The quantitative estimate of drug-likeness (QED) is 0.740. The number of nitrogens with zero attached hydrogens (tertiary/aromatic N) is 3. The van der Waals surface area contributed by atoms with Crippen LogP contribution in [0.4, 0.5) is 0 Å². The van der Waals surface area contributed by atoms with Gasteiger partial charge in [0, 0.05) is 20.0 Å². The standard InChI is InChI=1S/C21H23N3O2/c1-16-22-20(23-26-16)14-24(13-17-7-3-2-4-8-17)15-21(25)12-11-18-9-5-6-10-19(18)21/h2-10,25H,11-15H2,1H3. The highest BCUT2D eigenvalue weighted by molar-refractivity contribution is 5.37. The summed E-state index contributed by atoms with van der Waals surface area (Å²) in [5, 5.41) is 15.4. The topological polar surface area (TPSA) is 62.4 Å². The molecule has 0 radical (unpaired) electrons. The van der Waals surface area contributed by atoms with Crippen LogP contribution < -0.4 is 0 Å². The van der Waals surface area contributed by atoms with Crippen LogP contribution in [-0.4, -0.2) is 26.7 Å². The second kappa shape index (κ2) is 7.02. The minimum atomic E-state index is -0.843. The molecule has 0 amide bonds. The smallest absolute Gasteiger partial charge is 0.223 e. The van der Waals surface area contributed by atoms with Gasteiger partial charge in [-0.15, -0.1) is 0 Å². The fourth-order valence-corrected chi connectivity index (χ4v) is 3.82. The summed E-state index contributed by atoms with van der Waals surface area (Å²) in [5.74, 6) is 1.21. The van der Waals surface area contributed by atoms with Crippen LogP contribution in [0.5, 0.6) is 0 Å². The van der Waals surface area contributed by atoms with Crippen LogP contribution in [0.25, 0.3) is 0 Å². The molecule has 134 valence electrons. The van der Waals surface area contributed by atoms with Crippen molar-refractivity contribution < 1.29 is 9.63 Å². The number of fused-ring (bicyclic) bond motifs is 1. The summed E-state index contributed by atoms with van der Waals surface area (Å²) in [7, 11) is 0. The molecular formula is C21H23N3O2. The van der Waals surface area contributed by atoms with Gasteiger partial charge >= 0.3 is 0 Å². The van der Waals surface area contributed by atoms with E-state index >= 15 is 0 Å². The van der Waals surface area contributed by atoms with Crippen LogP contribution in [0, 0.1) is 6.92 Å². The average molecular weight is 349 g/mol. The van der Waals surface area contributed by atoms with Crippen LogP contribution in [0.2, 0.25) is 0 Å². The summed E-state index contributed by atoms with van der Waals surface area (Å²) in [6.07, 6.45) is 1.65. The second-order valence-corrected chi connectivity index (χ2v) is 7.05. The Morgan fingerprint density at radius 3 is 2.62 bits per heavy atom. The van der Waals surface area contributed by atoms with Crippen molar-refractivity contribution in [1.82, 2.24) is 15.0 Å². The first-order valence-corrected chi connectivity index (χ1v) is 8.99. The molecule has 0 saturated heterocycles. The first kappa shape index (κ1) is 16.9. The second-order valence-electron chi connectivity index (χ2n) is 7.05. The van der Waals surface area contributed by atoms with Crippen molar-refractivity contribution in [2.45, 2.75) is 38.5 Å². The summed E-state index contributed by atoms with van der Waals surface area (Å²) in [4.78, 5) is 6.53. The maximum absolute atomic E-state index is 11.4. The van der Waals surface area contributed by atoms with E-state index in [9.17, 15) is 5.11 Å². The Morgan fingerprint density at radius 1 is 1.08 bits per heavy atom. The molecule has 4 rings (SSSR count). The van der Waals surface area contributed by atoms with Crippen LogP contribution >= 0.6 is 0 Å². The van der Waals surface area contributed by atoms with E-state index in [4.69, 9.17) is 4.52 Å². The minimum absolute atomic E-state index is 0.534. The number of hydrogen-bond acceptors (Lipinski definition) is 5. The Balaban J connectivity index is 1.58. The maximum atomic E-state index is 11.4. The molecule has 3 aromatic rings. The highest BCUT2D eigenvalue weighted by Crippen LogP contribution is 2.37. The van der Waals surface area contributed by atoms with Crippen LogP contribution in [0.1, 0.15) is 34.8 Å². The Hall–Kier alpha value is -2.50. The molecule has 1 unspecified atom stereocenters. The number of aryl methyl sites for hydroxylation is 2. The van der Waals surface area contributed by atoms with Crippen molar-refractivity contribution >= 4 is 0 Å². The van der Waals surface area contributed by atoms with Gasteiger partial charge in [-0.05, 0) is 29.5 Å². The maximum Gasteiger partial charge on any atom is 0.223 e. The lowest BCUT2D eigenvalue weighted by Crippen LogP contribution is -2.39. The molecule has 5 heteroatoms. The lowest BCUT2D eigenvalue weighted by molar-refractivity contribution is -0.00510. The Morgan fingerprint density at radius 2 is 1.85 bits per heavy atom. The molecule has 26 heavy (non-hydrogen) atoms. The fourth-order valence-electron chi connectivity index (χ4n) is 3.82. The molecule has 0 saturated carbocycles. The third kappa shape index (κ3) is 3.54. The van der Waals surface area contributed by atoms with Gasteiger partial charge in [0.25, 0.3) is 0 Å². The van der Waals surface area contributed by atoms with Crippen molar-refractivity contribution in [3.05, 3.63) is 83.0 Å². The predicted octanol–water partition coefficient (Wildman–Crippen LogP) is 3.21. The van der Waals surface area contributed by atoms with Gasteiger partial charge in [0.1, 0.15) is 5.60 Å². The summed E-state index contributed by atoms with van der Waals surface area (Å²) in [6, 6.07) is 18.5. The molecule has 0 fully saturated rings. The Labute approximate surface area is 153 Å². The molecule has 1 N–H and O–H groups in total. The van der Waals surface area contributed by atoms with Gasteiger partial charge in [0.2, 0.25) is 5.89 Å². The Kier molecular flexibility index (Phi) is 4.57. The lowest BCUT2D eigenvalue weighted by atomic mass is 9.95. The van der Waals surface area contributed by atoms with Crippen LogP contribution in [0.3, 0.4) is 0 Å². The van der Waals surface area contributed by atoms with Gasteiger partial charge < -0.3 is 9.63 Å². The zero-order chi connectivity index (χ0) is 18.0. The van der Waals surface area contributed by atoms with Gasteiger partial charge in [-0.1, -0.05) is 59.8 Å². The van der Waals surface area contributed by atoms with E-state index in [-0.39, 0.29) is 0 Å². The summed E-state index contributed by atoms with van der Waals surface area (Å²) in [6.45, 7) is 3.58. The number of rotatable bonds is 6. The van der Waals surface area contributed by atoms with Gasteiger partial charge in [0.15, 0.2) is 5.82 Å². The van der Waals surface area contributed by atoms with E-state index < -0.39 is 5.60 Å². The third-order valence-corrected chi connectivity index (χ3v) is 5.00. The van der Waals surface area contributed by atoms with E-state index in [2.05, 4.69) is 33.2 Å². The van der Waals surface area contributed by atoms with Crippen molar-refractivity contribution in [2.75, 3.05) is 6.54 Å². The van der Waals surface area contributed by atoms with Gasteiger partial charge in [-0.2, -0.15) is 4.98 Å². The monoisotopic (exact) mass is 349 g/mol. The number of aliphatic hydroxyl groups is 1. The molecule has 2 aromatic carbocycles. The van der Waals surface area contributed by atoms with Crippen molar-refractivity contribution in [1.29, 1.82) is 0 Å².